The Hall–Kier alpha value is -2.26. The lowest BCUT2D eigenvalue weighted by Crippen LogP contribution is -1.98. The van der Waals surface area contributed by atoms with Crippen molar-refractivity contribution in [1.29, 1.82) is 0 Å². The SMILES string of the molecule is O=c1cnc(-c2ccccc2)c2cc(Cl)ccc2n1. The second kappa shape index (κ2) is 4.78. The first-order chi connectivity index (χ1) is 9.24. The number of hydrogen-bond acceptors (Lipinski definition) is 3. The van der Waals surface area contributed by atoms with Crippen LogP contribution in [0.4, 0.5) is 0 Å². The Labute approximate surface area is 114 Å². The van der Waals surface area contributed by atoms with E-state index in [0.29, 0.717) is 16.2 Å². The highest BCUT2D eigenvalue weighted by Crippen LogP contribution is 2.26. The molecule has 0 saturated heterocycles. The zero-order chi connectivity index (χ0) is 13.2. The molecule has 92 valence electrons. The molecule has 0 aliphatic rings. The molecule has 0 saturated carbocycles. The second-order valence-electron chi connectivity index (χ2n) is 4.08. The van der Waals surface area contributed by atoms with Gasteiger partial charge in [0.2, 0.25) is 0 Å². The van der Waals surface area contributed by atoms with Gasteiger partial charge in [-0.05, 0) is 18.2 Å². The van der Waals surface area contributed by atoms with Crippen LogP contribution in [0.3, 0.4) is 0 Å². The third-order valence-electron chi connectivity index (χ3n) is 2.80. The van der Waals surface area contributed by atoms with E-state index in [4.69, 9.17) is 11.6 Å². The van der Waals surface area contributed by atoms with Crippen LogP contribution < -0.4 is 5.56 Å². The topological polar surface area (TPSA) is 42.9 Å². The number of halogens is 1. The van der Waals surface area contributed by atoms with E-state index in [1.165, 1.54) is 6.20 Å². The van der Waals surface area contributed by atoms with Gasteiger partial charge in [0, 0.05) is 16.0 Å². The highest BCUT2D eigenvalue weighted by Gasteiger charge is 2.06. The first kappa shape index (κ1) is 11.8. The fraction of sp³-hybridized carbons (Fsp3) is 0. The number of fused-ring (bicyclic) bond motifs is 1. The number of benzene rings is 2. The summed E-state index contributed by atoms with van der Waals surface area (Å²) in [7, 11) is 0. The lowest BCUT2D eigenvalue weighted by molar-refractivity contribution is 1.26. The standard InChI is InChI=1S/C15H9ClN2O/c16-11-6-7-13-12(8-11)15(17-9-14(19)18-13)10-4-2-1-3-5-10/h1-9H. The molecule has 0 spiro atoms. The fourth-order valence-electron chi connectivity index (χ4n) is 1.96. The maximum atomic E-state index is 11.5. The van der Waals surface area contributed by atoms with Gasteiger partial charge in [-0.2, -0.15) is 0 Å². The molecule has 0 fully saturated rings. The maximum Gasteiger partial charge on any atom is 0.288 e. The zero-order valence-electron chi connectivity index (χ0n) is 9.88. The number of hydrogen-bond donors (Lipinski definition) is 0. The molecule has 3 nitrogen and oxygen atoms in total. The van der Waals surface area contributed by atoms with Crippen molar-refractivity contribution in [2.24, 2.45) is 0 Å². The summed E-state index contributed by atoms with van der Waals surface area (Å²) in [5.41, 5.74) is 1.85. The van der Waals surface area contributed by atoms with E-state index in [2.05, 4.69) is 9.97 Å². The van der Waals surface area contributed by atoms with Crippen molar-refractivity contribution in [2.75, 3.05) is 0 Å². The minimum Gasteiger partial charge on any atom is -0.266 e. The van der Waals surface area contributed by atoms with Crippen molar-refractivity contribution in [3.8, 4) is 11.3 Å². The van der Waals surface area contributed by atoms with Gasteiger partial charge in [0.15, 0.2) is 0 Å². The predicted molar refractivity (Wildman–Crippen MR) is 76.3 cm³/mol. The van der Waals surface area contributed by atoms with E-state index in [1.54, 1.807) is 18.2 Å². The van der Waals surface area contributed by atoms with E-state index in [-0.39, 0.29) is 5.56 Å². The zero-order valence-corrected chi connectivity index (χ0v) is 10.6. The summed E-state index contributed by atoms with van der Waals surface area (Å²) in [6.45, 7) is 0. The van der Waals surface area contributed by atoms with Gasteiger partial charge in [0.05, 0.1) is 17.4 Å². The second-order valence-corrected chi connectivity index (χ2v) is 4.52. The molecule has 0 N–H and O–H groups in total. The fourth-order valence-corrected chi connectivity index (χ4v) is 2.13. The Kier molecular flexibility index (Phi) is 2.97. The summed E-state index contributed by atoms with van der Waals surface area (Å²) in [4.78, 5) is 19.8. The quantitative estimate of drug-likeness (QED) is 0.680. The summed E-state index contributed by atoms with van der Waals surface area (Å²) in [6.07, 6.45) is 1.23. The minimum absolute atomic E-state index is 0.366. The summed E-state index contributed by atoms with van der Waals surface area (Å²) < 4.78 is 0. The minimum atomic E-state index is -0.366. The van der Waals surface area contributed by atoms with Crippen molar-refractivity contribution in [1.82, 2.24) is 9.97 Å². The molecule has 0 aliphatic carbocycles. The molecule has 0 bridgehead atoms. The molecule has 0 amide bonds. The maximum absolute atomic E-state index is 11.5. The Bertz CT molecular complexity index is 803. The average molecular weight is 269 g/mol. The van der Waals surface area contributed by atoms with E-state index in [0.717, 1.165) is 10.9 Å². The van der Waals surface area contributed by atoms with E-state index in [1.807, 2.05) is 30.3 Å². The Balaban J connectivity index is 2.45. The van der Waals surface area contributed by atoms with Gasteiger partial charge < -0.3 is 0 Å². The Morgan fingerprint density at radius 1 is 1.00 bits per heavy atom. The summed E-state index contributed by atoms with van der Waals surface area (Å²) in [5.74, 6) is 0. The van der Waals surface area contributed by atoms with Crippen LogP contribution in [0.15, 0.2) is 59.5 Å². The Morgan fingerprint density at radius 2 is 1.79 bits per heavy atom. The van der Waals surface area contributed by atoms with Gasteiger partial charge in [-0.1, -0.05) is 41.9 Å². The lowest BCUT2D eigenvalue weighted by atomic mass is 10.1. The van der Waals surface area contributed by atoms with E-state index in [9.17, 15) is 4.79 Å². The van der Waals surface area contributed by atoms with Crippen LogP contribution in [0.1, 0.15) is 0 Å². The van der Waals surface area contributed by atoms with Gasteiger partial charge in [-0.3, -0.25) is 4.79 Å². The lowest BCUT2D eigenvalue weighted by Gasteiger charge is -2.01. The summed E-state index contributed by atoms with van der Waals surface area (Å²) >= 11 is 6.03. The highest BCUT2D eigenvalue weighted by atomic mass is 35.5. The molecule has 3 aromatic rings. The molecule has 0 unspecified atom stereocenters. The molecule has 19 heavy (non-hydrogen) atoms. The van der Waals surface area contributed by atoms with Gasteiger partial charge in [-0.15, -0.1) is 0 Å². The first-order valence-electron chi connectivity index (χ1n) is 5.76. The van der Waals surface area contributed by atoms with Crippen LogP contribution in [-0.2, 0) is 0 Å². The van der Waals surface area contributed by atoms with Gasteiger partial charge >= 0.3 is 0 Å². The van der Waals surface area contributed by atoms with Crippen molar-refractivity contribution < 1.29 is 0 Å². The van der Waals surface area contributed by atoms with Gasteiger partial charge in [-0.25, -0.2) is 9.97 Å². The third-order valence-corrected chi connectivity index (χ3v) is 3.03. The van der Waals surface area contributed by atoms with Crippen molar-refractivity contribution in [2.45, 2.75) is 0 Å². The summed E-state index contributed by atoms with van der Waals surface area (Å²) in [5, 5.41) is 1.35. The van der Waals surface area contributed by atoms with Crippen LogP contribution in [-0.4, -0.2) is 9.97 Å². The van der Waals surface area contributed by atoms with Crippen molar-refractivity contribution in [3.05, 3.63) is 70.1 Å². The van der Waals surface area contributed by atoms with Crippen molar-refractivity contribution in [3.63, 3.8) is 0 Å². The van der Waals surface area contributed by atoms with Crippen LogP contribution in [0.2, 0.25) is 5.02 Å². The summed E-state index contributed by atoms with van der Waals surface area (Å²) in [6, 6.07) is 14.9. The number of aromatic nitrogens is 2. The van der Waals surface area contributed by atoms with Crippen LogP contribution in [0.5, 0.6) is 0 Å². The molecular weight excluding hydrogens is 260 g/mol. The highest BCUT2D eigenvalue weighted by molar-refractivity contribution is 6.31. The van der Waals surface area contributed by atoms with Gasteiger partial charge in [0.1, 0.15) is 0 Å². The molecule has 0 radical (unpaired) electrons. The van der Waals surface area contributed by atoms with Gasteiger partial charge in [0.25, 0.3) is 5.56 Å². The molecule has 2 aromatic carbocycles. The molecule has 0 atom stereocenters. The van der Waals surface area contributed by atoms with E-state index < -0.39 is 0 Å². The number of rotatable bonds is 1. The smallest absolute Gasteiger partial charge is 0.266 e. The normalized spacial score (nSPS) is 10.6. The number of nitrogens with zero attached hydrogens (tertiary/aromatic N) is 2. The largest absolute Gasteiger partial charge is 0.288 e. The monoisotopic (exact) mass is 268 g/mol. The molecule has 0 aliphatic heterocycles. The van der Waals surface area contributed by atoms with Crippen LogP contribution in [0.25, 0.3) is 22.2 Å². The molecule has 3 rings (SSSR count). The molecular formula is C15H9ClN2O. The predicted octanol–water partition coefficient (Wildman–Crippen LogP) is 3.31. The van der Waals surface area contributed by atoms with Crippen molar-refractivity contribution >= 4 is 22.5 Å². The molecule has 1 aromatic heterocycles. The molecule has 1 heterocycles. The van der Waals surface area contributed by atoms with E-state index >= 15 is 0 Å². The van der Waals surface area contributed by atoms with Crippen LogP contribution >= 0.6 is 11.6 Å². The van der Waals surface area contributed by atoms with Crippen LogP contribution in [0, 0.1) is 0 Å². The average Bonchev–Trinajstić information content (AvgIpc) is 2.58. The molecule has 4 heteroatoms. The third kappa shape index (κ3) is 2.33. The Morgan fingerprint density at radius 3 is 2.58 bits per heavy atom. The first-order valence-corrected chi connectivity index (χ1v) is 6.14.